The van der Waals surface area contributed by atoms with Gasteiger partial charge in [0.15, 0.2) is 0 Å². The number of fused-ring (bicyclic) bond motifs is 1. The summed E-state index contributed by atoms with van der Waals surface area (Å²) in [6, 6.07) is 0. The minimum Gasteiger partial charge on any atom is -0.244 e. The van der Waals surface area contributed by atoms with E-state index < -0.39 is 0 Å². The maximum Gasteiger partial charge on any atom is -0.0111 e. The molecule has 90 valence electrons. The van der Waals surface area contributed by atoms with E-state index in [0.29, 0.717) is 0 Å². The highest BCUT2D eigenvalue weighted by Gasteiger charge is 2.41. The summed E-state index contributed by atoms with van der Waals surface area (Å²) in [6.07, 6.45) is 13.0. The van der Waals surface area contributed by atoms with Crippen molar-refractivity contribution < 1.29 is 0 Å². The molecule has 0 aromatic rings. The first-order valence-corrected chi connectivity index (χ1v) is 9.37. The molecule has 0 aromatic heterocycles. The smallest absolute Gasteiger partial charge is 0.0111 e. The number of hydrogen-bond donors (Lipinski definition) is 0. The zero-order chi connectivity index (χ0) is 11.1. The van der Waals surface area contributed by atoms with Crippen LogP contribution in [-0.2, 0) is 0 Å². The molecule has 2 saturated carbocycles. The Hall–Kier alpha value is 0.350. The van der Waals surface area contributed by atoms with Crippen molar-refractivity contribution in [2.75, 3.05) is 18.3 Å². The van der Waals surface area contributed by atoms with E-state index in [4.69, 9.17) is 0 Å². The summed E-state index contributed by atoms with van der Waals surface area (Å²) in [7, 11) is -0.301. The predicted octanol–water partition coefficient (Wildman–Crippen LogP) is 4.29. The molecule has 2 rings (SSSR count). The van der Waals surface area contributed by atoms with Gasteiger partial charge in [-0.15, -0.1) is 0 Å². The molecule has 0 saturated heterocycles. The van der Waals surface area contributed by atoms with Gasteiger partial charge in [-0.2, -0.15) is 0 Å². The van der Waals surface area contributed by atoms with Crippen molar-refractivity contribution in [2.45, 2.75) is 51.2 Å². The molecule has 0 amide bonds. The Kier molecular flexibility index (Phi) is 3.40. The van der Waals surface area contributed by atoms with Gasteiger partial charge in [0.25, 0.3) is 0 Å². The Morgan fingerprint density at radius 1 is 1.07 bits per heavy atom. The summed E-state index contributed by atoms with van der Waals surface area (Å²) in [5.74, 6) is 4.66. The first-order valence-electron chi connectivity index (χ1n) is 6.69. The molecule has 0 aromatic carbocycles. The van der Waals surface area contributed by atoms with E-state index in [1.54, 1.807) is 25.7 Å². The van der Waals surface area contributed by atoms with E-state index in [0.717, 1.165) is 23.0 Å². The molecule has 0 bridgehead atoms. The molecule has 2 fully saturated rings. The molecule has 2 atom stereocenters. The lowest BCUT2D eigenvalue weighted by Crippen LogP contribution is -2.19. The molecule has 0 spiro atoms. The zero-order valence-corrected chi connectivity index (χ0v) is 11.8. The van der Waals surface area contributed by atoms with Gasteiger partial charge in [-0.3, -0.25) is 0 Å². The second-order valence-corrected chi connectivity index (χ2v) is 11.0. The third-order valence-corrected chi connectivity index (χ3v) is 8.33. The molecule has 0 nitrogen and oxygen atoms in total. The van der Waals surface area contributed by atoms with Crippen molar-refractivity contribution in [2.24, 2.45) is 17.8 Å². The topological polar surface area (TPSA) is 0 Å². The maximum atomic E-state index is 2.60. The summed E-state index contributed by atoms with van der Waals surface area (Å²) < 4.78 is 0. The summed E-state index contributed by atoms with van der Waals surface area (Å²) in [4.78, 5) is 0. The van der Waals surface area contributed by atoms with Gasteiger partial charge >= 0.3 is 0 Å². The molecule has 2 unspecified atom stereocenters. The van der Waals surface area contributed by atoms with Crippen LogP contribution in [0.2, 0.25) is 0 Å². The number of rotatable bonds is 3. The van der Waals surface area contributed by atoms with Crippen LogP contribution in [0.5, 0.6) is 0 Å². The van der Waals surface area contributed by atoms with Crippen molar-refractivity contribution in [1.82, 2.24) is 0 Å². The minimum atomic E-state index is -0.301. The van der Waals surface area contributed by atoms with E-state index in [2.05, 4.69) is 26.4 Å². The van der Waals surface area contributed by atoms with Gasteiger partial charge in [-0.05, 0) is 54.1 Å². The summed E-state index contributed by atoms with van der Waals surface area (Å²) in [6.45, 7) is 4.79. The van der Waals surface area contributed by atoms with Gasteiger partial charge in [0, 0.05) is 0 Å². The van der Waals surface area contributed by atoms with E-state index in [-0.39, 0.29) is 10.0 Å². The van der Waals surface area contributed by atoms with Crippen molar-refractivity contribution >= 4 is 10.0 Å². The van der Waals surface area contributed by atoms with Crippen molar-refractivity contribution in [1.29, 1.82) is 0 Å². The fourth-order valence-corrected chi connectivity index (χ4v) is 7.55. The molecule has 0 heterocycles. The Balaban J connectivity index is 1.94. The zero-order valence-electron chi connectivity index (χ0n) is 11.0. The van der Waals surface area contributed by atoms with Crippen molar-refractivity contribution in [3.8, 4) is 0 Å². The molecule has 1 heteroatoms. The fraction of sp³-hybridized carbons (Fsp3) is 1.00. The Morgan fingerprint density at radius 3 is 2.07 bits per heavy atom. The van der Waals surface area contributed by atoms with Crippen LogP contribution in [-0.4, -0.2) is 23.5 Å². The van der Waals surface area contributed by atoms with Crippen LogP contribution in [0.4, 0.5) is 0 Å². The largest absolute Gasteiger partial charge is 0.244 e. The third kappa shape index (κ3) is 2.54. The van der Waals surface area contributed by atoms with Crippen LogP contribution in [0.25, 0.3) is 0 Å². The molecule has 0 N–H and O–H groups in total. The van der Waals surface area contributed by atoms with E-state index in [1.165, 1.54) is 12.2 Å². The van der Waals surface area contributed by atoms with Crippen molar-refractivity contribution in [3.63, 3.8) is 0 Å². The molecule has 15 heavy (non-hydrogen) atoms. The lowest BCUT2D eigenvalue weighted by atomic mass is 10.0. The van der Waals surface area contributed by atoms with Gasteiger partial charge < -0.3 is 0 Å². The monoisotopic (exact) mass is 228 g/mol. The lowest BCUT2D eigenvalue weighted by Gasteiger charge is -2.40. The second-order valence-electron chi connectivity index (χ2n) is 6.73. The van der Waals surface area contributed by atoms with Gasteiger partial charge in [0.05, 0.1) is 0 Å². The van der Waals surface area contributed by atoms with Crippen LogP contribution in [0.15, 0.2) is 0 Å². The SMILES string of the molecule is CC(C)CS(C)(C)C1CC2CCCC2C1. The molecule has 2 aliphatic carbocycles. The summed E-state index contributed by atoms with van der Waals surface area (Å²) in [5.41, 5.74) is 0. The molecule has 2 aliphatic rings. The molecular weight excluding hydrogens is 200 g/mol. The number of hydrogen-bond acceptors (Lipinski definition) is 0. The Bertz CT molecular complexity index is 207. The van der Waals surface area contributed by atoms with Crippen LogP contribution < -0.4 is 0 Å². The summed E-state index contributed by atoms with van der Waals surface area (Å²) in [5, 5.41) is 1.11. The Labute approximate surface area is 97.5 Å². The van der Waals surface area contributed by atoms with Gasteiger partial charge in [0.2, 0.25) is 0 Å². The third-order valence-electron chi connectivity index (χ3n) is 4.61. The molecule has 0 radical (unpaired) electrons. The van der Waals surface area contributed by atoms with Crippen LogP contribution >= 0.6 is 10.0 Å². The fourth-order valence-electron chi connectivity index (χ4n) is 4.02. The van der Waals surface area contributed by atoms with Gasteiger partial charge in [0.1, 0.15) is 0 Å². The second kappa shape index (κ2) is 4.31. The summed E-state index contributed by atoms with van der Waals surface area (Å²) >= 11 is 0. The average molecular weight is 228 g/mol. The van der Waals surface area contributed by atoms with Crippen molar-refractivity contribution in [3.05, 3.63) is 0 Å². The highest BCUT2D eigenvalue weighted by molar-refractivity contribution is 8.33. The van der Waals surface area contributed by atoms with E-state index >= 15 is 0 Å². The van der Waals surface area contributed by atoms with E-state index in [9.17, 15) is 0 Å². The average Bonchev–Trinajstić information content (AvgIpc) is 2.56. The highest BCUT2D eigenvalue weighted by Crippen LogP contribution is 2.58. The molecular formula is C14H28S. The van der Waals surface area contributed by atoms with Crippen LogP contribution in [0.1, 0.15) is 46.0 Å². The maximum absolute atomic E-state index is 2.60. The first kappa shape index (κ1) is 11.8. The quantitative estimate of drug-likeness (QED) is 0.676. The predicted molar refractivity (Wildman–Crippen MR) is 73.0 cm³/mol. The normalized spacial score (nSPS) is 37.3. The van der Waals surface area contributed by atoms with Crippen LogP contribution in [0.3, 0.4) is 0 Å². The van der Waals surface area contributed by atoms with Crippen LogP contribution in [0, 0.1) is 17.8 Å². The van der Waals surface area contributed by atoms with Gasteiger partial charge in [-0.25, -0.2) is 10.0 Å². The van der Waals surface area contributed by atoms with E-state index in [1.807, 2.05) is 0 Å². The Morgan fingerprint density at radius 2 is 1.60 bits per heavy atom. The lowest BCUT2D eigenvalue weighted by molar-refractivity contribution is 0.457. The van der Waals surface area contributed by atoms with Gasteiger partial charge in [-0.1, -0.05) is 33.1 Å². The standard InChI is InChI=1S/C14H28S/c1-11(2)10-15(3,4)14-8-12-6-5-7-13(12)9-14/h11-14H,5-10H2,1-4H3. The highest BCUT2D eigenvalue weighted by atomic mass is 32.3. The first-order chi connectivity index (χ1) is 6.99. The molecule has 0 aliphatic heterocycles. The minimum absolute atomic E-state index is 0.301.